The van der Waals surface area contributed by atoms with Gasteiger partial charge in [0.25, 0.3) is 0 Å². The first kappa shape index (κ1) is 29.0. The molecule has 0 aliphatic heterocycles. The first-order valence-corrected chi connectivity index (χ1v) is 18.2. The maximum Gasteiger partial charge on any atom is 0.114 e. The van der Waals surface area contributed by atoms with Gasteiger partial charge in [-0.2, -0.15) is 0 Å². The third-order valence-corrected chi connectivity index (χ3v) is 11.4. The molecule has 1 atom stereocenters. The molecule has 5 heteroatoms. The van der Waals surface area contributed by atoms with E-state index in [9.17, 15) is 0 Å². The van der Waals surface area contributed by atoms with Crippen LogP contribution in [-0.2, 0) is 6.42 Å². The van der Waals surface area contributed by atoms with Crippen LogP contribution in [-0.4, -0.2) is 15.0 Å². The first-order valence-electron chi connectivity index (χ1n) is 17.3. The Morgan fingerprint density at radius 1 is 0.680 bits per heavy atom. The summed E-state index contributed by atoms with van der Waals surface area (Å²) < 4.78 is 6.03. The molecule has 0 bridgehead atoms. The summed E-state index contributed by atoms with van der Waals surface area (Å²) >= 11 is 1.61. The normalized spacial score (nSPS) is 14.8. The SMILES string of the molecule is Nc1sc2ccccc2c1N=C(CCC1C=Cc2c(n(-c3ccccc3)c3ccccc23)C1)n1c2ccccc2c2cc3ccccc3cc21. The van der Waals surface area contributed by atoms with Crippen LogP contribution in [0.15, 0.2) is 151 Å². The highest BCUT2D eigenvalue weighted by Crippen LogP contribution is 2.42. The lowest BCUT2D eigenvalue weighted by molar-refractivity contribution is 0.584. The van der Waals surface area contributed by atoms with Gasteiger partial charge >= 0.3 is 0 Å². The maximum atomic E-state index is 6.74. The highest BCUT2D eigenvalue weighted by Gasteiger charge is 2.24. The van der Waals surface area contributed by atoms with Gasteiger partial charge in [0.1, 0.15) is 16.5 Å². The van der Waals surface area contributed by atoms with E-state index in [0.29, 0.717) is 5.92 Å². The number of para-hydroxylation sites is 3. The van der Waals surface area contributed by atoms with Crippen molar-refractivity contribution < 1.29 is 0 Å². The Morgan fingerprint density at radius 3 is 2.20 bits per heavy atom. The molecule has 0 amide bonds. The Balaban J connectivity index is 1.12. The molecule has 0 spiro atoms. The van der Waals surface area contributed by atoms with E-state index in [1.54, 1.807) is 11.3 Å². The molecular weight excluding hydrogens is 629 g/mol. The van der Waals surface area contributed by atoms with Crippen molar-refractivity contribution in [3.05, 3.63) is 157 Å². The number of rotatable bonds is 5. The fourth-order valence-electron chi connectivity index (χ4n) is 8.08. The van der Waals surface area contributed by atoms with E-state index < -0.39 is 0 Å². The summed E-state index contributed by atoms with van der Waals surface area (Å²) in [7, 11) is 0. The lowest BCUT2D eigenvalue weighted by Gasteiger charge is -2.21. The van der Waals surface area contributed by atoms with E-state index in [-0.39, 0.29) is 0 Å². The predicted molar refractivity (Wildman–Crippen MR) is 214 cm³/mol. The standard InChI is InChI=1S/C45H34N4S/c46-45-44(36-18-8-11-21-42(36)50-45)47-43(49-39-20-10-7-17-34(39)37-27-30-12-4-5-13-31(30)28-41(37)49)25-23-29-22-24-35-33-16-6-9-19-38(33)48(40(35)26-29)32-14-2-1-3-15-32/h1-22,24,27-29H,23,25-26,46H2. The number of hydrogen-bond acceptors (Lipinski definition) is 3. The van der Waals surface area contributed by atoms with Gasteiger partial charge in [-0.25, -0.2) is 4.99 Å². The molecule has 1 unspecified atom stereocenters. The summed E-state index contributed by atoms with van der Waals surface area (Å²) in [5, 5.41) is 8.11. The topological polar surface area (TPSA) is 48.2 Å². The molecule has 9 aromatic rings. The molecule has 10 rings (SSSR count). The van der Waals surface area contributed by atoms with Crippen LogP contribution in [0.5, 0.6) is 0 Å². The van der Waals surface area contributed by atoms with Crippen molar-refractivity contribution in [1.82, 2.24) is 9.13 Å². The van der Waals surface area contributed by atoms with Crippen LogP contribution in [0, 0.1) is 5.92 Å². The largest absolute Gasteiger partial charge is 0.389 e. The Hall–Kier alpha value is -5.91. The minimum absolute atomic E-state index is 0.352. The second-order valence-electron chi connectivity index (χ2n) is 13.3. The van der Waals surface area contributed by atoms with E-state index in [1.807, 2.05) is 0 Å². The van der Waals surface area contributed by atoms with E-state index in [2.05, 4.69) is 161 Å². The number of nitrogens with zero attached hydrogens (tertiary/aromatic N) is 3. The molecule has 4 nitrogen and oxygen atoms in total. The summed E-state index contributed by atoms with van der Waals surface area (Å²) in [6.07, 6.45) is 7.49. The molecule has 2 N–H and O–H groups in total. The number of allylic oxidation sites excluding steroid dienone is 1. The third kappa shape index (κ3) is 4.62. The minimum Gasteiger partial charge on any atom is -0.389 e. The molecule has 3 aromatic heterocycles. The molecule has 6 aromatic carbocycles. The molecule has 0 fully saturated rings. The molecular formula is C45H34N4S. The third-order valence-electron chi connectivity index (χ3n) is 10.4. The Kier molecular flexibility index (Phi) is 6.74. The summed E-state index contributed by atoms with van der Waals surface area (Å²) in [6.45, 7) is 0. The summed E-state index contributed by atoms with van der Waals surface area (Å²) in [4.78, 5) is 5.53. The number of hydrogen-bond donors (Lipinski definition) is 1. The molecule has 50 heavy (non-hydrogen) atoms. The monoisotopic (exact) mass is 662 g/mol. The number of nitrogen functional groups attached to an aromatic ring is 1. The van der Waals surface area contributed by atoms with E-state index >= 15 is 0 Å². The van der Waals surface area contributed by atoms with Crippen molar-refractivity contribution >= 4 is 87.5 Å². The van der Waals surface area contributed by atoms with E-state index in [0.717, 1.165) is 45.9 Å². The summed E-state index contributed by atoms with van der Waals surface area (Å²) in [5.74, 6) is 1.37. The van der Waals surface area contributed by atoms with Gasteiger partial charge in [0.2, 0.25) is 0 Å². The predicted octanol–water partition coefficient (Wildman–Crippen LogP) is 11.9. The van der Waals surface area contributed by atoms with Gasteiger partial charge in [-0.3, -0.25) is 4.57 Å². The number of nitrogens with two attached hydrogens (primary N) is 1. The smallest absolute Gasteiger partial charge is 0.114 e. The fraction of sp³-hybridized carbons (Fsp3) is 0.0889. The quantitative estimate of drug-likeness (QED) is 0.145. The van der Waals surface area contributed by atoms with Crippen molar-refractivity contribution in [2.45, 2.75) is 19.3 Å². The summed E-state index contributed by atoms with van der Waals surface area (Å²) in [5.41, 5.74) is 15.1. The van der Waals surface area contributed by atoms with Gasteiger partial charge < -0.3 is 10.3 Å². The zero-order valence-electron chi connectivity index (χ0n) is 27.5. The van der Waals surface area contributed by atoms with Crippen LogP contribution in [0.4, 0.5) is 10.7 Å². The summed E-state index contributed by atoms with van der Waals surface area (Å²) in [6, 6.07) is 50.1. The molecule has 1 aliphatic carbocycles. The van der Waals surface area contributed by atoms with Gasteiger partial charge in [0.15, 0.2) is 0 Å². The number of fused-ring (bicyclic) bond motifs is 8. The van der Waals surface area contributed by atoms with Crippen LogP contribution in [0.25, 0.3) is 65.3 Å². The van der Waals surface area contributed by atoms with Crippen molar-refractivity contribution in [2.75, 3.05) is 5.73 Å². The number of thiophene rings is 1. The van der Waals surface area contributed by atoms with Crippen LogP contribution in [0.2, 0.25) is 0 Å². The zero-order valence-corrected chi connectivity index (χ0v) is 28.3. The lowest BCUT2D eigenvalue weighted by atomic mass is 9.89. The van der Waals surface area contributed by atoms with Gasteiger partial charge in [-0.05, 0) is 72.0 Å². The maximum absolute atomic E-state index is 6.74. The van der Waals surface area contributed by atoms with Gasteiger partial charge in [-0.15, -0.1) is 11.3 Å². The molecule has 3 heterocycles. The minimum atomic E-state index is 0.352. The molecule has 1 aliphatic rings. The van der Waals surface area contributed by atoms with E-state index in [1.165, 1.54) is 60.4 Å². The average Bonchev–Trinajstić information content (AvgIpc) is 3.78. The van der Waals surface area contributed by atoms with Crippen LogP contribution in [0.1, 0.15) is 24.1 Å². The number of aromatic nitrogens is 2. The Labute approximate surface area is 294 Å². The van der Waals surface area contributed by atoms with Crippen LogP contribution < -0.4 is 5.73 Å². The second kappa shape index (κ2) is 11.6. The van der Waals surface area contributed by atoms with Crippen molar-refractivity contribution in [3.8, 4) is 5.69 Å². The average molecular weight is 663 g/mol. The number of benzene rings is 6. The molecule has 0 radical (unpaired) electrons. The second-order valence-corrected chi connectivity index (χ2v) is 14.4. The van der Waals surface area contributed by atoms with Crippen LogP contribution in [0.3, 0.4) is 0 Å². The van der Waals surface area contributed by atoms with Gasteiger partial charge in [0, 0.05) is 49.6 Å². The Bertz CT molecular complexity index is 2810. The van der Waals surface area contributed by atoms with Crippen molar-refractivity contribution in [1.29, 1.82) is 0 Å². The van der Waals surface area contributed by atoms with Crippen molar-refractivity contribution in [2.24, 2.45) is 10.9 Å². The van der Waals surface area contributed by atoms with Crippen molar-refractivity contribution in [3.63, 3.8) is 0 Å². The lowest BCUT2D eigenvalue weighted by Crippen LogP contribution is -2.16. The number of aliphatic imine (C=N–C) groups is 1. The molecule has 0 saturated heterocycles. The highest BCUT2D eigenvalue weighted by molar-refractivity contribution is 7.23. The van der Waals surface area contributed by atoms with Gasteiger partial charge in [-0.1, -0.05) is 109 Å². The molecule has 240 valence electrons. The van der Waals surface area contributed by atoms with Gasteiger partial charge in [0.05, 0.1) is 16.6 Å². The fourth-order valence-corrected chi connectivity index (χ4v) is 8.99. The first-order chi connectivity index (χ1) is 24.7. The highest BCUT2D eigenvalue weighted by atomic mass is 32.1. The number of anilines is 1. The molecule has 0 saturated carbocycles. The Morgan fingerprint density at radius 2 is 1.36 bits per heavy atom. The van der Waals surface area contributed by atoms with E-state index in [4.69, 9.17) is 10.7 Å². The van der Waals surface area contributed by atoms with Crippen LogP contribution >= 0.6 is 11.3 Å². The zero-order chi connectivity index (χ0) is 33.2.